The summed E-state index contributed by atoms with van der Waals surface area (Å²) in [6.45, 7) is 7.64. The van der Waals surface area contributed by atoms with Gasteiger partial charge in [0.05, 0.1) is 0 Å². The third-order valence-electron chi connectivity index (χ3n) is 2.46. The van der Waals surface area contributed by atoms with Gasteiger partial charge in [-0.2, -0.15) is 0 Å². The van der Waals surface area contributed by atoms with Crippen LogP contribution in [0.3, 0.4) is 0 Å². The summed E-state index contributed by atoms with van der Waals surface area (Å²) in [4.78, 5) is 10.8. The molecule has 0 aliphatic carbocycles. The quantitative estimate of drug-likeness (QED) is 0.138. The maximum atomic E-state index is 10.8. The van der Waals surface area contributed by atoms with Gasteiger partial charge in [0.25, 0.3) is 0 Å². The predicted molar refractivity (Wildman–Crippen MR) is 65.2 cm³/mol. The van der Waals surface area contributed by atoms with Gasteiger partial charge in [-0.05, 0) is 0 Å². The normalized spacial score (nSPS) is 15.2. The van der Waals surface area contributed by atoms with E-state index in [2.05, 4.69) is 11.1 Å². The number of likely N-dealkylation sites (N-methyl/N-ethyl adjacent to an activating group) is 1. The zero-order chi connectivity index (χ0) is 14.9. The Hall–Kier alpha value is 0.0300. The van der Waals surface area contributed by atoms with Crippen LogP contribution in [0.15, 0.2) is 0 Å². The van der Waals surface area contributed by atoms with Crippen LogP contribution in [0.25, 0.3) is 0 Å². The summed E-state index contributed by atoms with van der Waals surface area (Å²) in [5, 5.41) is 0. The van der Waals surface area contributed by atoms with Crippen molar-refractivity contribution in [2.75, 3.05) is 37.3 Å². The molecule has 19 heavy (non-hydrogen) atoms. The van der Waals surface area contributed by atoms with E-state index < -0.39 is 10.4 Å². The molecular weight excluding hydrogens is 389 g/mol. The maximum absolute atomic E-state index is 10.8. The Morgan fingerprint density at radius 1 is 1.26 bits per heavy atom. The summed E-state index contributed by atoms with van der Waals surface area (Å²) >= 11 is -0.217. The first kappa shape index (κ1) is 19.0. The van der Waals surface area contributed by atoms with Gasteiger partial charge in [-0.1, -0.05) is 0 Å². The topological polar surface area (TPSA) is 89.9 Å². The average Bonchev–Trinajstić information content (AvgIpc) is 2.26. The second-order valence-electron chi connectivity index (χ2n) is 3.77. The molecule has 0 aromatic rings. The van der Waals surface area contributed by atoms with Crippen LogP contribution in [0.2, 0.25) is 0 Å². The number of carbonyl (C=O) groups excluding carboxylic acids is 1. The van der Waals surface area contributed by atoms with Crippen molar-refractivity contribution in [2.45, 2.75) is 20.8 Å². The molecule has 0 aromatic heterocycles. The van der Waals surface area contributed by atoms with Gasteiger partial charge in [0, 0.05) is 0 Å². The van der Waals surface area contributed by atoms with Gasteiger partial charge in [0.15, 0.2) is 0 Å². The molecule has 0 fully saturated rings. The summed E-state index contributed by atoms with van der Waals surface area (Å²) in [6, 6.07) is 0. The standard InChI is InChI=1S/C10H22INO6S/c1-4-11-12(5-2,6-8-17-10(3)13)7-9-18-19(14,15)16/h4-9H2,1-3H3,(H,14,15,16). The Morgan fingerprint density at radius 3 is 2.26 bits per heavy atom. The summed E-state index contributed by atoms with van der Waals surface area (Å²) in [5.41, 5.74) is 0. The van der Waals surface area contributed by atoms with Gasteiger partial charge in [0.2, 0.25) is 0 Å². The van der Waals surface area contributed by atoms with Crippen molar-refractivity contribution in [1.82, 2.24) is 0 Å². The number of hydrogen-bond donors (Lipinski definition) is 1. The van der Waals surface area contributed by atoms with Crippen LogP contribution in [0.4, 0.5) is 0 Å². The Bertz CT molecular complexity index is 374. The first-order valence-corrected chi connectivity index (χ1v) is 9.82. The summed E-state index contributed by atoms with van der Waals surface area (Å²) < 4.78 is 40.7. The number of carbonyl (C=O) groups is 1. The van der Waals surface area contributed by atoms with Crippen LogP contribution in [-0.2, 0) is 24.1 Å². The number of quaternary nitrogens is 1. The van der Waals surface area contributed by atoms with Gasteiger partial charge in [-0.15, -0.1) is 0 Å². The molecule has 0 rings (SSSR count). The van der Waals surface area contributed by atoms with Crippen LogP contribution in [0.1, 0.15) is 20.8 Å². The van der Waals surface area contributed by atoms with Crippen molar-refractivity contribution in [3.8, 4) is 0 Å². The number of ether oxygens (including phenoxy) is 1. The van der Waals surface area contributed by atoms with E-state index in [0.29, 0.717) is 22.4 Å². The van der Waals surface area contributed by atoms with Crippen molar-refractivity contribution in [1.29, 1.82) is 0 Å². The fourth-order valence-electron chi connectivity index (χ4n) is 1.54. The molecule has 0 radical (unpaired) electrons. The van der Waals surface area contributed by atoms with Crippen molar-refractivity contribution in [2.24, 2.45) is 0 Å². The first-order chi connectivity index (χ1) is 8.74. The van der Waals surface area contributed by atoms with Gasteiger partial charge in [0.1, 0.15) is 0 Å². The molecule has 0 heterocycles. The SMILES string of the molecule is CC[I-][N+](CC)(CCOC(C)=O)CCOS(=O)(=O)O. The molecule has 9 heteroatoms. The van der Waals surface area contributed by atoms with E-state index in [1.165, 1.54) is 6.92 Å². The van der Waals surface area contributed by atoms with Crippen LogP contribution in [0.5, 0.6) is 0 Å². The Kier molecular flexibility index (Phi) is 9.07. The number of rotatable bonds is 10. The molecule has 0 bridgehead atoms. The third-order valence-corrected chi connectivity index (χ3v) is 6.70. The predicted octanol–water partition coefficient (Wildman–Crippen LogP) is -2.77. The fourth-order valence-corrected chi connectivity index (χ4v) is 4.84. The second kappa shape index (κ2) is 9.06. The summed E-state index contributed by atoms with van der Waals surface area (Å²) in [7, 11) is -4.39. The molecule has 0 aliphatic heterocycles. The van der Waals surface area contributed by atoms with E-state index in [1.807, 2.05) is 6.92 Å². The van der Waals surface area contributed by atoms with E-state index in [1.54, 1.807) is 0 Å². The first-order valence-electron chi connectivity index (χ1n) is 5.97. The van der Waals surface area contributed by atoms with E-state index >= 15 is 0 Å². The minimum atomic E-state index is -4.39. The van der Waals surface area contributed by atoms with Crippen molar-refractivity contribution >= 4 is 16.4 Å². The molecule has 0 saturated heterocycles. The minimum absolute atomic E-state index is 0.0630. The molecule has 0 aromatic carbocycles. The van der Waals surface area contributed by atoms with Gasteiger partial charge < -0.3 is 0 Å². The van der Waals surface area contributed by atoms with Crippen LogP contribution >= 0.6 is 0 Å². The molecule has 1 N–H and O–H groups in total. The van der Waals surface area contributed by atoms with Crippen molar-refractivity contribution < 1.29 is 50.9 Å². The molecular formula is C10H22INO6S. The molecule has 7 nitrogen and oxygen atoms in total. The molecule has 0 aliphatic rings. The number of halogens is 1. The average molecular weight is 411 g/mol. The molecule has 1 unspecified atom stereocenters. The van der Waals surface area contributed by atoms with Gasteiger partial charge in [-0.3, -0.25) is 0 Å². The molecule has 1 atom stereocenters. The van der Waals surface area contributed by atoms with Gasteiger partial charge in [-0.25, -0.2) is 0 Å². The summed E-state index contributed by atoms with van der Waals surface area (Å²) in [5.74, 6) is -0.321. The van der Waals surface area contributed by atoms with E-state index in [0.717, 1.165) is 11.0 Å². The monoisotopic (exact) mass is 411 g/mol. The number of alkyl halides is 1. The van der Waals surface area contributed by atoms with Crippen molar-refractivity contribution in [3.05, 3.63) is 0 Å². The van der Waals surface area contributed by atoms with Crippen LogP contribution < -0.4 is 21.5 Å². The van der Waals surface area contributed by atoms with Crippen LogP contribution in [0, 0.1) is 0 Å². The second-order valence-corrected chi connectivity index (χ2v) is 9.12. The van der Waals surface area contributed by atoms with Crippen molar-refractivity contribution in [3.63, 3.8) is 0 Å². The molecule has 0 spiro atoms. The zero-order valence-corrected chi connectivity index (χ0v) is 14.4. The Balaban J connectivity index is 4.44. The number of hydrogen-bond acceptors (Lipinski definition) is 5. The van der Waals surface area contributed by atoms with Gasteiger partial charge >= 0.3 is 125 Å². The molecule has 0 saturated carbocycles. The molecule has 0 amide bonds. The van der Waals surface area contributed by atoms with E-state index in [4.69, 9.17) is 9.29 Å². The van der Waals surface area contributed by atoms with Crippen LogP contribution in [-0.4, -0.2) is 58.9 Å². The van der Waals surface area contributed by atoms with E-state index in [9.17, 15) is 13.2 Å². The Labute approximate surface area is 125 Å². The third kappa shape index (κ3) is 9.55. The number of esters is 1. The Morgan fingerprint density at radius 2 is 1.84 bits per heavy atom. The fraction of sp³-hybridized carbons (Fsp3) is 0.900. The number of nitrogens with zero attached hydrogens (tertiary/aromatic N) is 1. The van der Waals surface area contributed by atoms with E-state index in [-0.39, 0.29) is 34.1 Å². The molecule has 116 valence electrons. The zero-order valence-electron chi connectivity index (χ0n) is 11.5. The summed E-state index contributed by atoms with van der Waals surface area (Å²) in [6.07, 6.45) is 0.